The molecular formula is C44H69NO19. The fourth-order valence-corrected chi connectivity index (χ4v) is 13.2. The number of nitrogens with one attached hydrogen (secondary N) is 1. The molecule has 4 aliphatic heterocycles. The van der Waals surface area contributed by atoms with Crippen molar-refractivity contribution < 1.29 is 94.2 Å². The molecule has 0 aromatic rings. The number of carbonyl (C=O) groups is 2. The molecule has 0 aromatic heterocycles. The number of ketones is 2. The third-order valence-corrected chi connectivity index (χ3v) is 17.0. The van der Waals surface area contributed by atoms with Crippen LogP contribution in [0.15, 0.2) is 11.6 Å². The van der Waals surface area contributed by atoms with E-state index in [0.717, 1.165) is 18.4 Å². The molecule has 0 bridgehead atoms. The molecule has 7 fully saturated rings. The largest absolute Gasteiger partial charge is 0.396 e. The van der Waals surface area contributed by atoms with E-state index in [-0.39, 0.29) is 41.0 Å². The Labute approximate surface area is 371 Å². The normalized spacial score (nSPS) is 52.1. The lowest BCUT2D eigenvalue weighted by Crippen LogP contribution is -2.67. The first-order chi connectivity index (χ1) is 30.2. The molecule has 4 saturated heterocycles. The Kier molecular flexibility index (Phi) is 13.7. The minimum absolute atomic E-state index is 0.00530. The molecule has 4 aliphatic carbocycles. The van der Waals surface area contributed by atoms with E-state index in [1.807, 2.05) is 13.8 Å². The second kappa shape index (κ2) is 18.0. The Bertz CT molecular complexity index is 1750. The highest BCUT2D eigenvalue weighted by molar-refractivity contribution is 5.94. The number of rotatable bonds is 14. The summed E-state index contributed by atoms with van der Waals surface area (Å²) in [7, 11) is 0. The van der Waals surface area contributed by atoms with Gasteiger partial charge in [-0.2, -0.15) is 0 Å². The third kappa shape index (κ3) is 7.68. The number of hydrogen-bond donors (Lipinski definition) is 12. The van der Waals surface area contributed by atoms with Crippen molar-refractivity contribution in [3.63, 3.8) is 0 Å². The Hall–Kier alpha value is -1.64. The lowest BCUT2D eigenvalue weighted by atomic mass is 9.47. The zero-order chi connectivity index (χ0) is 46.4. The lowest BCUT2D eigenvalue weighted by Gasteiger charge is -2.56. The third-order valence-electron chi connectivity index (χ3n) is 17.0. The number of carbonyl (C=O) groups excluding carboxylic acids is 2. The monoisotopic (exact) mass is 915 g/mol. The van der Waals surface area contributed by atoms with E-state index in [1.54, 1.807) is 0 Å². The second-order valence-electron chi connectivity index (χ2n) is 20.5. The minimum Gasteiger partial charge on any atom is -0.396 e. The van der Waals surface area contributed by atoms with Gasteiger partial charge in [0.15, 0.2) is 25.2 Å². The maximum absolute atomic E-state index is 14.0. The van der Waals surface area contributed by atoms with Gasteiger partial charge in [0, 0.05) is 36.8 Å². The van der Waals surface area contributed by atoms with E-state index in [4.69, 9.17) is 28.4 Å². The topological polar surface area (TPSA) is 334 Å². The van der Waals surface area contributed by atoms with E-state index in [9.17, 15) is 65.8 Å². The van der Waals surface area contributed by atoms with Gasteiger partial charge in [-0.15, -0.1) is 0 Å². The number of aliphatic hydroxyl groups excluding tert-OH is 11. The van der Waals surface area contributed by atoms with Gasteiger partial charge >= 0.3 is 0 Å². The molecule has 64 heavy (non-hydrogen) atoms. The van der Waals surface area contributed by atoms with Gasteiger partial charge in [-0.1, -0.05) is 39.3 Å². The van der Waals surface area contributed by atoms with Gasteiger partial charge in [-0.25, -0.2) is 0 Å². The van der Waals surface area contributed by atoms with Crippen LogP contribution in [0.1, 0.15) is 85.5 Å². The molecular weight excluding hydrogens is 846 g/mol. The summed E-state index contributed by atoms with van der Waals surface area (Å²) < 4.78 is 35.4. The van der Waals surface area contributed by atoms with Crippen molar-refractivity contribution in [3.8, 4) is 0 Å². The first-order valence-corrected chi connectivity index (χ1v) is 23.0. The van der Waals surface area contributed by atoms with Gasteiger partial charge in [-0.05, 0) is 67.6 Å². The lowest BCUT2D eigenvalue weighted by molar-refractivity contribution is -0.400. The second-order valence-corrected chi connectivity index (χ2v) is 20.5. The smallest absolute Gasteiger partial charge is 0.189 e. The Morgan fingerprint density at radius 3 is 2.09 bits per heavy atom. The van der Waals surface area contributed by atoms with E-state index in [2.05, 4.69) is 25.2 Å². The Morgan fingerprint density at radius 2 is 1.42 bits per heavy atom. The summed E-state index contributed by atoms with van der Waals surface area (Å²) in [6.45, 7) is 6.70. The Balaban J connectivity index is 1.00. The van der Waals surface area contributed by atoms with Crippen LogP contribution in [0.2, 0.25) is 0 Å². The van der Waals surface area contributed by atoms with Crippen molar-refractivity contribution in [3.05, 3.63) is 11.6 Å². The molecule has 20 nitrogen and oxygen atoms in total. The van der Waals surface area contributed by atoms with E-state index < -0.39 is 134 Å². The summed E-state index contributed by atoms with van der Waals surface area (Å²) in [6.07, 6.45) is -19.3. The highest BCUT2D eigenvalue weighted by Gasteiger charge is 2.85. The van der Waals surface area contributed by atoms with Gasteiger partial charge < -0.3 is 89.9 Å². The van der Waals surface area contributed by atoms with E-state index >= 15 is 0 Å². The van der Waals surface area contributed by atoms with Crippen molar-refractivity contribution in [2.45, 2.75) is 195 Å². The molecule has 8 rings (SSSR count). The minimum atomic E-state index is -2.00. The molecule has 20 heteroatoms. The molecule has 4 heterocycles. The van der Waals surface area contributed by atoms with Crippen molar-refractivity contribution in [2.24, 2.45) is 34.5 Å². The predicted octanol–water partition coefficient (Wildman–Crippen LogP) is -3.00. The standard InChI is InChI=1S/C44H69NO19/c1-18(15-46)5-6-22(49)19(2)27-23(50)14-44-42(27,4)11-9-26-41(3)10-8-21(13-20(41)7-12-43(26,44)45-44)59-40-36(63-39-33(56)30(53)31(54)37(58)64-39)34(57)35(25(17-48)61-40)62-38-32(55)29(52)28(51)24(16-47)60-38/h7,18-19,21,24-40,45-48,51-58H,5-6,8-17H2,1-4H3/t18-,19-,21?,24?,25?,26-,27-,28-,29?,30?,31-,32?,33?,34?,35-,36?,37?,38+,39-,40-,41+,42-,43?,44+/m1/s1. The molecule has 8 aliphatic rings. The van der Waals surface area contributed by atoms with Crippen molar-refractivity contribution in [1.82, 2.24) is 5.32 Å². The highest BCUT2D eigenvalue weighted by atomic mass is 16.8. The number of hydrogen-bond acceptors (Lipinski definition) is 20. The van der Waals surface area contributed by atoms with Crippen LogP contribution in [-0.4, -0.2) is 197 Å². The highest BCUT2D eigenvalue weighted by Crippen LogP contribution is 2.76. The van der Waals surface area contributed by atoms with Crippen LogP contribution in [0.25, 0.3) is 0 Å². The molecule has 364 valence electrons. The van der Waals surface area contributed by atoms with Gasteiger partial charge in [0.05, 0.1) is 24.9 Å². The molecule has 2 spiro atoms. The van der Waals surface area contributed by atoms with Crippen molar-refractivity contribution >= 4 is 11.6 Å². The van der Waals surface area contributed by atoms with E-state index in [0.29, 0.717) is 44.9 Å². The summed E-state index contributed by atoms with van der Waals surface area (Å²) in [4.78, 5) is 27.5. The van der Waals surface area contributed by atoms with Gasteiger partial charge in [0.1, 0.15) is 78.7 Å². The SMILES string of the molecule is C[C@@H](CO)CCC(=O)[C@@H](C)[C@@H]1C(=O)C[C@@]23NC24CC=C2CC(O[C@@H]5OC(CO)[C@@H](O[C@@H]6OC(CO)[C@@H](O)C(O)C6O)C(O)C5O[C@@H]5OC(O)[C@H](O)C(O)C5O)CC[C@]2(C)[C@H]4CC[C@]13C. The molecule has 0 aromatic carbocycles. The number of ether oxygens (including phenoxy) is 6. The van der Waals surface area contributed by atoms with Gasteiger partial charge in [-0.3, -0.25) is 9.59 Å². The summed E-state index contributed by atoms with van der Waals surface area (Å²) in [6, 6.07) is 0. The zero-order valence-corrected chi connectivity index (χ0v) is 36.8. The molecule has 0 radical (unpaired) electrons. The maximum atomic E-state index is 14.0. The van der Waals surface area contributed by atoms with E-state index in [1.165, 1.54) is 0 Å². The summed E-state index contributed by atoms with van der Waals surface area (Å²) in [5, 5.41) is 119. The summed E-state index contributed by atoms with van der Waals surface area (Å²) >= 11 is 0. The summed E-state index contributed by atoms with van der Waals surface area (Å²) in [5.41, 5.74) is -0.317. The molecule has 11 unspecified atom stereocenters. The number of Topliss-reactive ketones (excluding diaryl/α,β-unsaturated/α-hetero) is 2. The first kappa shape index (κ1) is 48.8. The van der Waals surface area contributed by atoms with Crippen LogP contribution >= 0.6 is 0 Å². The van der Waals surface area contributed by atoms with Gasteiger partial charge in [0.2, 0.25) is 0 Å². The summed E-state index contributed by atoms with van der Waals surface area (Å²) in [5.74, 6) is -0.461. The molecule has 0 amide bonds. The zero-order valence-electron chi connectivity index (χ0n) is 36.8. The van der Waals surface area contributed by atoms with Crippen LogP contribution in [0, 0.1) is 34.5 Å². The predicted molar refractivity (Wildman–Crippen MR) is 216 cm³/mol. The number of fused-ring (bicyclic) bond motifs is 2. The Morgan fingerprint density at radius 1 is 0.781 bits per heavy atom. The van der Waals surface area contributed by atoms with Crippen LogP contribution in [0.3, 0.4) is 0 Å². The molecule has 12 N–H and O–H groups in total. The quantitative estimate of drug-likeness (QED) is 0.0610. The molecule has 24 atom stereocenters. The van der Waals surface area contributed by atoms with Gasteiger partial charge in [0.25, 0.3) is 0 Å². The fraction of sp³-hybridized carbons (Fsp3) is 0.909. The number of aliphatic hydroxyl groups is 11. The molecule has 3 saturated carbocycles. The van der Waals surface area contributed by atoms with Crippen LogP contribution in [0.4, 0.5) is 0 Å². The average Bonchev–Trinajstić information content (AvgIpc) is 3.87. The average molecular weight is 916 g/mol. The van der Waals surface area contributed by atoms with Crippen molar-refractivity contribution in [1.29, 1.82) is 0 Å². The van der Waals surface area contributed by atoms with Crippen LogP contribution in [-0.2, 0) is 38.0 Å². The van der Waals surface area contributed by atoms with Crippen LogP contribution < -0.4 is 5.32 Å². The fourth-order valence-electron chi connectivity index (χ4n) is 13.2. The first-order valence-electron chi connectivity index (χ1n) is 23.0. The van der Waals surface area contributed by atoms with Crippen molar-refractivity contribution in [2.75, 3.05) is 19.8 Å². The maximum Gasteiger partial charge on any atom is 0.189 e. The van der Waals surface area contributed by atoms with Crippen LogP contribution in [0.5, 0.6) is 0 Å².